The molecule has 1 N–H and O–H groups in total. The van der Waals surface area contributed by atoms with Crippen molar-refractivity contribution >= 4 is 29.4 Å². The van der Waals surface area contributed by atoms with E-state index >= 15 is 0 Å². The minimum absolute atomic E-state index is 0.0353. The second-order valence-electron chi connectivity index (χ2n) is 7.44. The highest BCUT2D eigenvalue weighted by Crippen LogP contribution is 2.21. The van der Waals surface area contributed by atoms with Crippen LogP contribution in [0.4, 0.5) is 4.39 Å². The highest BCUT2D eigenvalue weighted by molar-refractivity contribution is 6.31. The van der Waals surface area contributed by atoms with Gasteiger partial charge in [-0.1, -0.05) is 91.3 Å². The Kier molecular flexibility index (Phi) is 16.1. The van der Waals surface area contributed by atoms with Gasteiger partial charge in [-0.05, 0) is 74.6 Å². The fourth-order valence-corrected chi connectivity index (χ4v) is 3.02. The zero-order valence-electron chi connectivity index (χ0n) is 21.0. The first-order valence-corrected chi connectivity index (χ1v) is 11.5. The molecule has 0 aromatic heterocycles. The summed E-state index contributed by atoms with van der Waals surface area (Å²) < 4.78 is 12.7. The molecule has 0 unspecified atom stereocenters. The number of halogens is 2. The largest absolute Gasteiger partial charge is 0.483 e. The van der Waals surface area contributed by atoms with Crippen molar-refractivity contribution in [2.45, 2.75) is 41.0 Å². The van der Waals surface area contributed by atoms with E-state index in [-0.39, 0.29) is 18.1 Å². The van der Waals surface area contributed by atoms with E-state index in [0.717, 1.165) is 22.6 Å². The normalized spacial score (nSPS) is 9.74. The van der Waals surface area contributed by atoms with E-state index in [1.807, 2.05) is 25.1 Å². The molecule has 0 saturated heterocycles. The van der Waals surface area contributed by atoms with Gasteiger partial charge in [0.2, 0.25) is 0 Å². The van der Waals surface area contributed by atoms with Gasteiger partial charge in [-0.2, -0.15) is 0 Å². The second-order valence-corrected chi connectivity index (χ2v) is 7.85. The molecule has 186 valence electrons. The summed E-state index contributed by atoms with van der Waals surface area (Å²) in [7, 11) is 0. The molecular formula is C30H34ClFO3. The number of Topliss-reactive ketones (excluding diaryl/α,β-unsaturated/α-hetero) is 1. The van der Waals surface area contributed by atoms with Crippen molar-refractivity contribution in [2.75, 3.05) is 0 Å². The Bertz CT molecular complexity index is 1090. The van der Waals surface area contributed by atoms with Crippen molar-refractivity contribution in [2.24, 2.45) is 0 Å². The van der Waals surface area contributed by atoms with Crippen molar-refractivity contribution in [3.05, 3.63) is 124 Å². The fraction of sp³-hybridized carbons (Fsp3) is 0.200. The van der Waals surface area contributed by atoms with Gasteiger partial charge in [0.1, 0.15) is 5.82 Å². The molecule has 3 nitrogen and oxygen atoms in total. The lowest BCUT2D eigenvalue weighted by Gasteiger charge is -2.07. The molecule has 0 radical (unpaired) electrons. The first-order chi connectivity index (χ1) is 16.6. The Morgan fingerprint density at radius 1 is 1.03 bits per heavy atom. The second kappa shape index (κ2) is 17.9. The molecule has 35 heavy (non-hydrogen) atoms. The van der Waals surface area contributed by atoms with Gasteiger partial charge in [0.15, 0.2) is 5.78 Å². The number of carbonyl (C=O) groups excluding carboxylic acids is 1. The first kappa shape index (κ1) is 31.5. The molecule has 0 aliphatic rings. The predicted molar refractivity (Wildman–Crippen MR) is 145 cm³/mol. The minimum atomic E-state index is -0.295. The summed E-state index contributed by atoms with van der Waals surface area (Å²) in [6.45, 7) is 13.1. The van der Waals surface area contributed by atoms with E-state index in [1.54, 1.807) is 25.1 Å². The number of hydrogen-bond donors (Lipinski definition) is 1. The fourth-order valence-electron chi connectivity index (χ4n) is 2.90. The number of carboxylic acid groups (broad SMARTS) is 1. The third-order valence-electron chi connectivity index (χ3n) is 4.75. The number of ketones is 1. The Balaban J connectivity index is 0.000000495. The van der Waals surface area contributed by atoms with Crippen LogP contribution in [-0.2, 0) is 16.0 Å². The molecule has 0 aliphatic carbocycles. The SMILES string of the molecule is C=C(/C(=C\C)C(C)=O)c1ccc(F)cc1.CCc1ccccc1.Cc1ccc(Cl)c(C)c1.O=CO. The summed E-state index contributed by atoms with van der Waals surface area (Å²) >= 11 is 5.78. The van der Waals surface area contributed by atoms with Gasteiger partial charge in [-0.25, -0.2) is 4.39 Å². The standard InChI is InChI=1S/C13H13FO.C8H9Cl.C8H10.CH2O2/c1-4-13(10(3)15)9(2)11-5-7-12(14)8-6-11;1-6-3-4-8(9)7(2)5-6;1-2-8-6-4-3-5-7-8;2-1-3/h4-8H,2H2,1,3H3;3-5H,1-2H3;3-7H,2H2,1H3;1H,(H,2,3)/b13-4+;;;. The van der Waals surface area contributed by atoms with Gasteiger partial charge >= 0.3 is 0 Å². The van der Waals surface area contributed by atoms with Crippen molar-refractivity contribution < 1.29 is 19.1 Å². The zero-order valence-corrected chi connectivity index (χ0v) is 21.8. The number of aryl methyl sites for hydroxylation is 3. The van der Waals surface area contributed by atoms with E-state index < -0.39 is 0 Å². The molecule has 3 aromatic carbocycles. The van der Waals surface area contributed by atoms with E-state index in [0.29, 0.717) is 11.1 Å². The monoisotopic (exact) mass is 496 g/mol. The maximum atomic E-state index is 12.7. The smallest absolute Gasteiger partial charge is 0.290 e. The molecule has 3 rings (SSSR count). The van der Waals surface area contributed by atoms with Crippen LogP contribution < -0.4 is 0 Å². The lowest BCUT2D eigenvalue weighted by Crippen LogP contribution is -1.98. The van der Waals surface area contributed by atoms with Crippen LogP contribution in [0.2, 0.25) is 5.02 Å². The highest BCUT2D eigenvalue weighted by atomic mass is 35.5. The van der Waals surface area contributed by atoms with Gasteiger partial charge in [0.25, 0.3) is 6.47 Å². The molecule has 0 saturated carbocycles. The summed E-state index contributed by atoms with van der Waals surface area (Å²) in [6.07, 6.45) is 2.86. The number of benzene rings is 3. The van der Waals surface area contributed by atoms with Crippen LogP contribution in [0.1, 0.15) is 43.0 Å². The maximum Gasteiger partial charge on any atom is 0.290 e. The van der Waals surface area contributed by atoms with Gasteiger partial charge in [0.05, 0.1) is 0 Å². The van der Waals surface area contributed by atoms with E-state index in [4.69, 9.17) is 21.5 Å². The van der Waals surface area contributed by atoms with Gasteiger partial charge < -0.3 is 5.11 Å². The Morgan fingerprint density at radius 2 is 1.57 bits per heavy atom. The predicted octanol–water partition coefficient (Wildman–Crippen LogP) is 8.28. The van der Waals surface area contributed by atoms with Crippen LogP contribution in [0.25, 0.3) is 5.57 Å². The third kappa shape index (κ3) is 13.1. The Labute approximate surface area is 213 Å². The molecule has 0 atom stereocenters. The van der Waals surface area contributed by atoms with Crippen molar-refractivity contribution in [1.29, 1.82) is 0 Å². The number of rotatable bonds is 4. The topological polar surface area (TPSA) is 54.4 Å². The summed E-state index contributed by atoms with van der Waals surface area (Å²) in [6, 6.07) is 22.4. The average molecular weight is 497 g/mol. The van der Waals surface area contributed by atoms with Gasteiger partial charge in [-0.15, -0.1) is 0 Å². The number of hydrogen-bond acceptors (Lipinski definition) is 2. The summed E-state index contributed by atoms with van der Waals surface area (Å²) in [5.41, 5.74) is 5.78. The average Bonchev–Trinajstić information content (AvgIpc) is 2.84. The third-order valence-corrected chi connectivity index (χ3v) is 5.17. The highest BCUT2D eigenvalue weighted by Gasteiger charge is 2.08. The maximum absolute atomic E-state index is 12.7. The molecule has 3 aromatic rings. The molecule has 0 amide bonds. The van der Waals surface area contributed by atoms with Crippen LogP contribution in [0.15, 0.2) is 91.0 Å². The molecule has 0 aliphatic heterocycles. The van der Waals surface area contributed by atoms with E-state index in [1.165, 1.54) is 30.2 Å². The summed E-state index contributed by atoms with van der Waals surface area (Å²) in [5, 5.41) is 7.74. The Morgan fingerprint density at radius 3 is 1.94 bits per heavy atom. The minimum Gasteiger partial charge on any atom is -0.483 e. The molecule has 5 heteroatoms. The van der Waals surface area contributed by atoms with Crippen LogP contribution in [0.5, 0.6) is 0 Å². The quantitative estimate of drug-likeness (QED) is 0.224. The van der Waals surface area contributed by atoms with Crippen molar-refractivity contribution in [3.8, 4) is 0 Å². The number of allylic oxidation sites excluding steroid dienone is 3. The lowest BCUT2D eigenvalue weighted by atomic mass is 9.97. The zero-order chi connectivity index (χ0) is 26.8. The van der Waals surface area contributed by atoms with Crippen LogP contribution in [0.3, 0.4) is 0 Å². The molecule has 0 fully saturated rings. The molecular weight excluding hydrogens is 463 g/mol. The first-order valence-electron chi connectivity index (χ1n) is 11.1. The van der Waals surface area contributed by atoms with Gasteiger partial charge in [-0.3, -0.25) is 9.59 Å². The molecule has 0 spiro atoms. The van der Waals surface area contributed by atoms with E-state index in [9.17, 15) is 9.18 Å². The lowest BCUT2D eigenvalue weighted by molar-refractivity contribution is -0.122. The van der Waals surface area contributed by atoms with Crippen LogP contribution in [0, 0.1) is 19.7 Å². The van der Waals surface area contributed by atoms with Crippen LogP contribution in [-0.4, -0.2) is 17.4 Å². The van der Waals surface area contributed by atoms with Crippen molar-refractivity contribution in [1.82, 2.24) is 0 Å². The Hall–Kier alpha value is -3.50. The number of carbonyl (C=O) groups is 2. The van der Waals surface area contributed by atoms with E-state index in [2.05, 4.69) is 50.8 Å². The molecule has 0 heterocycles. The van der Waals surface area contributed by atoms with Crippen LogP contribution >= 0.6 is 11.6 Å². The summed E-state index contributed by atoms with van der Waals surface area (Å²) in [4.78, 5) is 19.6. The molecule has 0 bridgehead atoms. The summed E-state index contributed by atoms with van der Waals surface area (Å²) in [5.74, 6) is -0.330. The van der Waals surface area contributed by atoms with Gasteiger partial charge in [0, 0.05) is 10.6 Å². The van der Waals surface area contributed by atoms with Crippen molar-refractivity contribution in [3.63, 3.8) is 0 Å².